The SMILES string of the molecule is O=C1CCCc2c1ccc(O[C@H](Cn1ccnc1)c1ccccc1)c2CCCc1ccccc1. The molecule has 1 atom stereocenters. The summed E-state index contributed by atoms with van der Waals surface area (Å²) in [4.78, 5) is 16.8. The molecule has 0 N–H and O–H groups in total. The minimum absolute atomic E-state index is 0.152. The summed E-state index contributed by atoms with van der Waals surface area (Å²) in [5.74, 6) is 1.16. The van der Waals surface area contributed by atoms with Crippen LogP contribution in [-0.2, 0) is 25.8 Å². The van der Waals surface area contributed by atoms with E-state index in [1.807, 2.05) is 42.9 Å². The summed E-state index contributed by atoms with van der Waals surface area (Å²) in [6.45, 7) is 0.670. The van der Waals surface area contributed by atoms with Crippen LogP contribution in [0.15, 0.2) is 91.5 Å². The van der Waals surface area contributed by atoms with E-state index in [0.717, 1.165) is 49.0 Å². The number of ether oxygens (including phenoxy) is 1. The third-order valence-corrected chi connectivity index (χ3v) is 6.63. The van der Waals surface area contributed by atoms with Gasteiger partial charge in [-0.05, 0) is 66.5 Å². The Bertz CT molecular complexity index is 1220. The first-order chi connectivity index (χ1) is 16.8. The van der Waals surface area contributed by atoms with Crippen molar-refractivity contribution < 1.29 is 9.53 Å². The van der Waals surface area contributed by atoms with E-state index < -0.39 is 0 Å². The van der Waals surface area contributed by atoms with Crippen LogP contribution in [0.5, 0.6) is 5.75 Å². The van der Waals surface area contributed by atoms with Crippen LogP contribution in [0.25, 0.3) is 0 Å². The number of aryl methyl sites for hydroxylation is 1. The third kappa shape index (κ3) is 5.12. The zero-order valence-corrected chi connectivity index (χ0v) is 19.4. The summed E-state index contributed by atoms with van der Waals surface area (Å²) >= 11 is 0. The Kier molecular flexibility index (Phi) is 6.85. The Labute approximate surface area is 201 Å². The van der Waals surface area contributed by atoms with Gasteiger partial charge in [-0.3, -0.25) is 4.79 Å². The van der Waals surface area contributed by atoms with Crippen LogP contribution in [0.1, 0.15) is 58.0 Å². The Morgan fingerprint density at radius 1 is 0.912 bits per heavy atom. The third-order valence-electron chi connectivity index (χ3n) is 6.63. The number of hydrogen-bond acceptors (Lipinski definition) is 3. The largest absolute Gasteiger partial charge is 0.484 e. The summed E-state index contributed by atoms with van der Waals surface area (Å²) in [5, 5.41) is 0. The van der Waals surface area contributed by atoms with Gasteiger partial charge in [-0.15, -0.1) is 0 Å². The lowest BCUT2D eigenvalue weighted by molar-refractivity contribution is 0.0972. The normalized spacial score (nSPS) is 13.9. The van der Waals surface area contributed by atoms with E-state index in [2.05, 4.69) is 52.0 Å². The van der Waals surface area contributed by atoms with E-state index >= 15 is 0 Å². The molecule has 0 saturated heterocycles. The van der Waals surface area contributed by atoms with Gasteiger partial charge in [0.1, 0.15) is 11.9 Å². The minimum atomic E-state index is -0.152. The van der Waals surface area contributed by atoms with Crippen molar-refractivity contribution in [2.75, 3.05) is 0 Å². The lowest BCUT2D eigenvalue weighted by Crippen LogP contribution is -2.18. The van der Waals surface area contributed by atoms with Crippen LogP contribution >= 0.6 is 0 Å². The average molecular weight is 451 g/mol. The summed E-state index contributed by atoms with van der Waals surface area (Å²) < 4.78 is 8.80. The number of Topliss-reactive ketones (excluding diaryl/α,β-unsaturated/α-hetero) is 1. The Morgan fingerprint density at radius 2 is 1.71 bits per heavy atom. The maximum atomic E-state index is 12.6. The molecule has 4 heteroatoms. The molecule has 0 spiro atoms. The lowest BCUT2D eigenvalue weighted by atomic mass is 9.85. The smallest absolute Gasteiger partial charge is 0.163 e. The van der Waals surface area contributed by atoms with Crippen molar-refractivity contribution >= 4 is 5.78 Å². The summed E-state index contributed by atoms with van der Waals surface area (Å²) in [5.41, 5.74) is 5.75. The van der Waals surface area contributed by atoms with Crippen LogP contribution in [0.3, 0.4) is 0 Å². The first kappa shape index (κ1) is 22.1. The van der Waals surface area contributed by atoms with E-state index in [1.165, 1.54) is 16.7 Å². The van der Waals surface area contributed by atoms with Crippen molar-refractivity contribution in [1.82, 2.24) is 9.55 Å². The van der Waals surface area contributed by atoms with Crippen molar-refractivity contribution in [1.29, 1.82) is 0 Å². The van der Waals surface area contributed by atoms with E-state index in [-0.39, 0.29) is 11.9 Å². The first-order valence-electron chi connectivity index (χ1n) is 12.2. The predicted molar refractivity (Wildman–Crippen MR) is 134 cm³/mol. The van der Waals surface area contributed by atoms with Crippen molar-refractivity contribution in [2.45, 2.75) is 51.2 Å². The second kappa shape index (κ2) is 10.5. The van der Waals surface area contributed by atoms with Gasteiger partial charge < -0.3 is 9.30 Å². The number of rotatable bonds is 9. The molecule has 0 bridgehead atoms. The van der Waals surface area contributed by atoms with Crippen LogP contribution in [-0.4, -0.2) is 15.3 Å². The fourth-order valence-electron chi connectivity index (χ4n) is 4.90. The number of nitrogens with zero attached hydrogens (tertiary/aromatic N) is 2. The quantitative estimate of drug-likeness (QED) is 0.296. The van der Waals surface area contributed by atoms with Crippen molar-refractivity contribution in [3.8, 4) is 5.75 Å². The maximum absolute atomic E-state index is 12.6. The van der Waals surface area contributed by atoms with E-state index in [9.17, 15) is 4.79 Å². The van der Waals surface area contributed by atoms with Crippen LogP contribution < -0.4 is 4.74 Å². The highest BCUT2D eigenvalue weighted by Crippen LogP contribution is 2.35. The van der Waals surface area contributed by atoms with Gasteiger partial charge in [-0.2, -0.15) is 0 Å². The number of imidazole rings is 1. The number of ketones is 1. The molecule has 172 valence electrons. The van der Waals surface area contributed by atoms with Gasteiger partial charge in [-0.1, -0.05) is 60.7 Å². The van der Waals surface area contributed by atoms with Crippen molar-refractivity contribution in [2.24, 2.45) is 0 Å². The van der Waals surface area contributed by atoms with Crippen LogP contribution in [0, 0.1) is 0 Å². The summed E-state index contributed by atoms with van der Waals surface area (Å²) in [6, 6.07) is 24.9. The number of benzene rings is 3. The number of fused-ring (bicyclic) bond motifs is 1. The highest BCUT2D eigenvalue weighted by molar-refractivity contribution is 5.99. The number of hydrogen-bond donors (Lipinski definition) is 0. The van der Waals surface area contributed by atoms with Gasteiger partial charge in [0.15, 0.2) is 5.78 Å². The van der Waals surface area contributed by atoms with Gasteiger partial charge in [0.05, 0.1) is 12.9 Å². The van der Waals surface area contributed by atoms with Crippen molar-refractivity contribution in [3.05, 3.63) is 119 Å². The molecule has 0 amide bonds. The molecule has 0 saturated carbocycles. The van der Waals surface area contributed by atoms with Gasteiger partial charge >= 0.3 is 0 Å². The molecule has 1 heterocycles. The molecule has 0 unspecified atom stereocenters. The maximum Gasteiger partial charge on any atom is 0.163 e. The van der Waals surface area contributed by atoms with Gasteiger partial charge in [0.2, 0.25) is 0 Å². The fraction of sp³-hybridized carbons (Fsp3) is 0.267. The van der Waals surface area contributed by atoms with E-state index in [4.69, 9.17) is 4.74 Å². The average Bonchev–Trinajstić information content (AvgIpc) is 3.39. The fourth-order valence-corrected chi connectivity index (χ4v) is 4.90. The molecular formula is C30H30N2O2. The molecule has 0 radical (unpaired) electrons. The summed E-state index contributed by atoms with van der Waals surface area (Å²) in [6.07, 6.45) is 10.8. The molecule has 4 aromatic rings. The number of carbonyl (C=O) groups is 1. The second-order valence-corrected chi connectivity index (χ2v) is 8.96. The zero-order chi connectivity index (χ0) is 23.2. The lowest BCUT2D eigenvalue weighted by Gasteiger charge is -2.26. The highest BCUT2D eigenvalue weighted by Gasteiger charge is 2.24. The minimum Gasteiger partial charge on any atom is -0.484 e. The Hall–Kier alpha value is -3.66. The van der Waals surface area contributed by atoms with E-state index in [0.29, 0.717) is 13.0 Å². The first-order valence-corrected chi connectivity index (χ1v) is 12.2. The Morgan fingerprint density at radius 3 is 2.47 bits per heavy atom. The van der Waals surface area contributed by atoms with Crippen molar-refractivity contribution in [3.63, 3.8) is 0 Å². The van der Waals surface area contributed by atoms with Crippen LogP contribution in [0.2, 0.25) is 0 Å². The molecular weight excluding hydrogens is 420 g/mol. The molecule has 3 aromatic carbocycles. The molecule has 4 nitrogen and oxygen atoms in total. The molecule has 5 rings (SSSR count). The highest BCUT2D eigenvalue weighted by atomic mass is 16.5. The zero-order valence-electron chi connectivity index (χ0n) is 19.4. The molecule has 1 aliphatic carbocycles. The topological polar surface area (TPSA) is 44.1 Å². The second-order valence-electron chi connectivity index (χ2n) is 8.96. The molecule has 1 aromatic heterocycles. The molecule has 0 aliphatic heterocycles. The monoisotopic (exact) mass is 450 g/mol. The number of aromatic nitrogens is 2. The molecule has 1 aliphatic rings. The Balaban J connectivity index is 1.45. The van der Waals surface area contributed by atoms with Gasteiger partial charge in [-0.25, -0.2) is 4.98 Å². The summed E-state index contributed by atoms with van der Waals surface area (Å²) in [7, 11) is 0. The number of carbonyl (C=O) groups excluding carboxylic acids is 1. The molecule has 34 heavy (non-hydrogen) atoms. The van der Waals surface area contributed by atoms with Gasteiger partial charge in [0, 0.05) is 24.4 Å². The van der Waals surface area contributed by atoms with E-state index in [1.54, 1.807) is 6.20 Å². The molecule has 0 fully saturated rings. The van der Waals surface area contributed by atoms with Gasteiger partial charge in [0.25, 0.3) is 0 Å². The standard InChI is InChI=1S/C30H30N2O2/c33-28-16-8-14-25-26(28)17-18-29(27(25)15-7-11-23-9-3-1-4-10-23)34-30(21-32-20-19-31-22-32)24-12-5-2-6-13-24/h1-6,9-10,12-13,17-20,22,30H,7-8,11,14-16,21H2/t30-/m1/s1. The predicted octanol–water partition coefficient (Wildman–Crippen LogP) is 6.40. The van der Waals surface area contributed by atoms with Crippen LogP contribution in [0.4, 0.5) is 0 Å².